The largest absolute Gasteiger partial charge is 0.328 e. The molecule has 0 atom stereocenters. The van der Waals surface area contributed by atoms with Gasteiger partial charge < -0.3 is 5.32 Å². The van der Waals surface area contributed by atoms with Crippen LogP contribution < -0.4 is 5.32 Å². The molecule has 2 fully saturated rings. The summed E-state index contributed by atoms with van der Waals surface area (Å²) in [5, 5.41) is 3.67. The smallest absolute Gasteiger partial charge is 0.276 e. The molecule has 0 bridgehead atoms. The van der Waals surface area contributed by atoms with Gasteiger partial charge in [0.15, 0.2) is 5.11 Å². The number of thiocarbonyl (C=S) groups is 1. The Labute approximate surface area is 166 Å². The van der Waals surface area contributed by atoms with Gasteiger partial charge in [-0.2, -0.15) is 0 Å². The Morgan fingerprint density at radius 3 is 2.19 bits per heavy atom. The number of amides is 1. The second-order valence-electron chi connectivity index (χ2n) is 7.44. The van der Waals surface area contributed by atoms with Crippen LogP contribution in [0.4, 0.5) is 0 Å². The number of nitrogens with one attached hydrogen (secondary N) is 1. The topological polar surface area (TPSA) is 32.3 Å². The van der Waals surface area contributed by atoms with Gasteiger partial charge in [-0.05, 0) is 54.7 Å². The van der Waals surface area contributed by atoms with E-state index in [2.05, 4.69) is 48.6 Å². The molecule has 1 N–H and O–H groups in total. The van der Waals surface area contributed by atoms with E-state index in [9.17, 15) is 4.79 Å². The quantitative estimate of drug-likeness (QED) is 0.601. The van der Waals surface area contributed by atoms with Crippen LogP contribution in [0, 0.1) is 6.92 Å². The highest BCUT2D eigenvalue weighted by atomic mass is 32.1. The highest BCUT2D eigenvalue weighted by Crippen LogP contribution is 2.27. The molecule has 1 heterocycles. The molecule has 3 nitrogen and oxygen atoms in total. The van der Waals surface area contributed by atoms with Crippen molar-refractivity contribution in [3.63, 3.8) is 0 Å². The highest BCUT2D eigenvalue weighted by molar-refractivity contribution is 7.80. The van der Waals surface area contributed by atoms with Crippen molar-refractivity contribution >= 4 is 29.3 Å². The Kier molecular flexibility index (Phi) is 5.08. The summed E-state index contributed by atoms with van der Waals surface area (Å²) >= 11 is 5.44. The minimum absolute atomic E-state index is 0.00881. The van der Waals surface area contributed by atoms with Crippen LogP contribution in [0.3, 0.4) is 0 Å². The molecule has 4 rings (SSSR count). The van der Waals surface area contributed by atoms with Gasteiger partial charge in [0, 0.05) is 6.04 Å². The third-order valence-electron chi connectivity index (χ3n) is 5.46. The zero-order chi connectivity index (χ0) is 18.8. The molecule has 27 heavy (non-hydrogen) atoms. The van der Waals surface area contributed by atoms with Gasteiger partial charge >= 0.3 is 0 Å². The zero-order valence-corrected chi connectivity index (χ0v) is 16.4. The number of carbonyl (C=O) groups is 1. The molecule has 2 aliphatic rings. The lowest BCUT2D eigenvalue weighted by molar-refractivity contribution is -0.124. The van der Waals surface area contributed by atoms with Crippen molar-refractivity contribution in [3.8, 4) is 11.1 Å². The lowest BCUT2D eigenvalue weighted by atomic mass is 9.94. The number of benzene rings is 2. The van der Waals surface area contributed by atoms with Crippen LogP contribution in [0.2, 0.25) is 0 Å². The first kappa shape index (κ1) is 17.9. The number of hydrogen-bond donors (Lipinski definition) is 1. The van der Waals surface area contributed by atoms with Crippen molar-refractivity contribution in [2.45, 2.75) is 45.1 Å². The average Bonchev–Trinajstić information content (AvgIpc) is 2.97. The lowest BCUT2D eigenvalue weighted by Crippen LogP contribution is -2.41. The van der Waals surface area contributed by atoms with Crippen LogP contribution in [0.25, 0.3) is 17.2 Å². The maximum absolute atomic E-state index is 12.8. The third-order valence-corrected chi connectivity index (χ3v) is 5.75. The van der Waals surface area contributed by atoms with Gasteiger partial charge in [-0.1, -0.05) is 73.4 Å². The Morgan fingerprint density at radius 2 is 1.56 bits per heavy atom. The summed E-state index contributed by atoms with van der Waals surface area (Å²) in [5.41, 5.74) is 5.19. The molecular weight excluding hydrogens is 352 g/mol. The van der Waals surface area contributed by atoms with E-state index in [1.807, 2.05) is 18.2 Å². The van der Waals surface area contributed by atoms with Gasteiger partial charge in [0.25, 0.3) is 5.91 Å². The number of hydrogen-bond acceptors (Lipinski definition) is 2. The summed E-state index contributed by atoms with van der Waals surface area (Å²) in [7, 11) is 0. The lowest BCUT2D eigenvalue weighted by Gasteiger charge is -2.29. The van der Waals surface area contributed by atoms with E-state index in [1.165, 1.54) is 36.0 Å². The average molecular weight is 377 g/mol. The maximum atomic E-state index is 12.8. The van der Waals surface area contributed by atoms with Gasteiger partial charge in [-0.25, -0.2) is 0 Å². The van der Waals surface area contributed by atoms with Gasteiger partial charge in [0.1, 0.15) is 5.70 Å². The standard InChI is InChI=1S/C23H24N2OS/c1-16-7-11-18(12-8-16)19-13-9-17(10-14-19)15-21-22(26)25(23(27)24-21)20-5-3-2-4-6-20/h7-15,20H,2-6H2,1H3,(H,24,27)/b21-15-. The van der Waals surface area contributed by atoms with Gasteiger partial charge in [0.05, 0.1) is 0 Å². The van der Waals surface area contributed by atoms with Crippen LogP contribution in [0.1, 0.15) is 43.2 Å². The van der Waals surface area contributed by atoms with Crippen molar-refractivity contribution in [2.24, 2.45) is 0 Å². The first-order chi connectivity index (χ1) is 13.1. The first-order valence-corrected chi connectivity index (χ1v) is 10.1. The molecule has 1 saturated carbocycles. The summed E-state index contributed by atoms with van der Waals surface area (Å²) in [6.45, 7) is 2.09. The van der Waals surface area contributed by atoms with Crippen LogP contribution >= 0.6 is 12.2 Å². The van der Waals surface area contributed by atoms with Crippen molar-refractivity contribution in [3.05, 3.63) is 65.4 Å². The van der Waals surface area contributed by atoms with Crippen LogP contribution in [0.5, 0.6) is 0 Å². The van der Waals surface area contributed by atoms with E-state index in [0.717, 1.165) is 18.4 Å². The molecule has 0 radical (unpaired) electrons. The first-order valence-electron chi connectivity index (χ1n) is 9.65. The third kappa shape index (κ3) is 3.81. The van der Waals surface area contributed by atoms with Crippen LogP contribution in [-0.4, -0.2) is 22.0 Å². The second kappa shape index (κ2) is 7.65. The number of aryl methyl sites for hydroxylation is 1. The van der Waals surface area contributed by atoms with Crippen LogP contribution in [0.15, 0.2) is 54.2 Å². The Hall–Kier alpha value is -2.46. The molecule has 4 heteroatoms. The zero-order valence-electron chi connectivity index (χ0n) is 15.6. The van der Waals surface area contributed by atoms with Crippen molar-refractivity contribution in [1.29, 1.82) is 0 Å². The molecule has 2 aromatic carbocycles. The second-order valence-corrected chi connectivity index (χ2v) is 7.83. The molecule has 2 aromatic rings. The summed E-state index contributed by atoms with van der Waals surface area (Å²) in [4.78, 5) is 14.6. The van der Waals surface area contributed by atoms with E-state index in [-0.39, 0.29) is 11.9 Å². The van der Waals surface area contributed by atoms with Gasteiger partial charge in [0.2, 0.25) is 0 Å². The monoisotopic (exact) mass is 376 g/mol. The fourth-order valence-electron chi connectivity index (χ4n) is 3.90. The van der Waals surface area contributed by atoms with Gasteiger partial charge in [-0.3, -0.25) is 9.69 Å². The number of rotatable bonds is 3. The van der Waals surface area contributed by atoms with E-state index in [4.69, 9.17) is 12.2 Å². The molecule has 0 unspecified atom stereocenters. The fraction of sp³-hybridized carbons (Fsp3) is 0.304. The molecule has 1 saturated heterocycles. The van der Waals surface area contributed by atoms with E-state index in [1.54, 1.807) is 4.90 Å². The Balaban J connectivity index is 1.52. The van der Waals surface area contributed by atoms with E-state index in [0.29, 0.717) is 10.8 Å². The fourth-order valence-corrected chi connectivity index (χ4v) is 4.25. The maximum Gasteiger partial charge on any atom is 0.276 e. The number of carbonyl (C=O) groups excluding carboxylic acids is 1. The van der Waals surface area contributed by atoms with Crippen LogP contribution in [-0.2, 0) is 4.79 Å². The predicted molar refractivity (Wildman–Crippen MR) is 114 cm³/mol. The normalized spacial score (nSPS) is 19.6. The molecular formula is C23H24N2OS. The molecule has 1 aliphatic heterocycles. The van der Waals surface area contributed by atoms with Crippen molar-refractivity contribution in [1.82, 2.24) is 10.2 Å². The summed E-state index contributed by atoms with van der Waals surface area (Å²) < 4.78 is 0. The highest BCUT2D eigenvalue weighted by Gasteiger charge is 2.36. The molecule has 1 aliphatic carbocycles. The van der Waals surface area contributed by atoms with Gasteiger partial charge in [-0.15, -0.1) is 0 Å². The Morgan fingerprint density at radius 1 is 0.963 bits per heavy atom. The summed E-state index contributed by atoms with van der Waals surface area (Å²) in [6, 6.07) is 17.0. The summed E-state index contributed by atoms with van der Waals surface area (Å²) in [5.74, 6) is 0.00881. The predicted octanol–water partition coefficient (Wildman–Crippen LogP) is 5.05. The van der Waals surface area contributed by atoms with Crippen molar-refractivity contribution in [2.75, 3.05) is 0 Å². The minimum atomic E-state index is 0.00881. The van der Waals surface area contributed by atoms with E-state index >= 15 is 0 Å². The summed E-state index contributed by atoms with van der Waals surface area (Å²) in [6.07, 6.45) is 7.61. The molecule has 0 spiro atoms. The van der Waals surface area contributed by atoms with Crippen molar-refractivity contribution < 1.29 is 4.79 Å². The van der Waals surface area contributed by atoms with E-state index < -0.39 is 0 Å². The molecule has 138 valence electrons. The Bertz CT molecular complexity index is 878. The molecule has 1 amide bonds. The number of nitrogens with zero attached hydrogens (tertiary/aromatic N) is 1. The SMILES string of the molecule is Cc1ccc(-c2ccc(/C=C3\NC(=S)N(C4CCCCC4)C3=O)cc2)cc1. The minimum Gasteiger partial charge on any atom is -0.328 e. The molecule has 0 aromatic heterocycles.